The second kappa shape index (κ2) is 12.5. The minimum Gasteiger partial charge on any atom is -0.508 e. The highest BCUT2D eigenvalue weighted by atomic mass is 35.5. The summed E-state index contributed by atoms with van der Waals surface area (Å²) in [5, 5.41) is 17.2. The number of phenolic OH excluding ortho intramolecular Hbond substituents is 1. The number of benzene rings is 4. The van der Waals surface area contributed by atoms with Crippen molar-refractivity contribution in [1.29, 1.82) is 0 Å². The van der Waals surface area contributed by atoms with Crippen LogP contribution < -0.4 is 15.4 Å². The van der Waals surface area contributed by atoms with Crippen LogP contribution in [0.2, 0.25) is 5.02 Å². The Morgan fingerprint density at radius 3 is 2.60 bits per heavy atom. The summed E-state index contributed by atoms with van der Waals surface area (Å²) >= 11 is 6.45. The zero-order valence-corrected chi connectivity index (χ0v) is 23.4. The van der Waals surface area contributed by atoms with Gasteiger partial charge in [0.05, 0.1) is 17.1 Å². The molecule has 0 amide bonds. The number of para-hydroxylation sites is 1. The maximum absolute atomic E-state index is 14.0. The van der Waals surface area contributed by atoms with E-state index in [9.17, 15) is 13.9 Å². The van der Waals surface area contributed by atoms with Crippen LogP contribution in [0.1, 0.15) is 11.3 Å². The Bertz CT molecular complexity index is 1890. The number of rotatable bonds is 10. The third-order valence-corrected chi connectivity index (χ3v) is 6.96. The lowest BCUT2D eigenvalue weighted by atomic mass is 10.1. The standard InChI is InChI=1S/C33H25ClF2N4O3/c34-27-17-23(6-9-31(27)43-32-4-2-1-3-28(32)36)40-33-26-15-21(5-8-29(26)38-19-39-33)30-10-7-25(42-30)18-37-12-11-20-13-22(35)16-24(41)14-20/h1-10,13-17,19,37,41H,11-12,18H2,(H,38,39,40). The van der Waals surface area contributed by atoms with Gasteiger partial charge >= 0.3 is 0 Å². The first-order valence-electron chi connectivity index (χ1n) is 13.4. The van der Waals surface area contributed by atoms with E-state index in [4.69, 9.17) is 20.8 Å². The van der Waals surface area contributed by atoms with Crippen LogP contribution in [0.3, 0.4) is 0 Å². The quantitative estimate of drug-likeness (QED) is 0.136. The lowest BCUT2D eigenvalue weighted by Gasteiger charge is -2.12. The topological polar surface area (TPSA) is 92.4 Å². The molecule has 4 aromatic carbocycles. The molecule has 3 N–H and O–H groups in total. The highest BCUT2D eigenvalue weighted by Crippen LogP contribution is 2.35. The van der Waals surface area contributed by atoms with Crippen molar-refractivity contribution in [1.82, 2.24) is 15.3 Å². The number of aromatic hydroxyl groups is 1. The van der Waals surface area contributed by atoms with Gasteiger partial charge in [-0.1, -0.05) is 23.7 Å². The van der Waals surface area contributed by atoms with Crippen molar-refractivity contribution in [2.45, 2.75) is 13.0 Å². The average Bonchev–Trinajstić information content (AvgIpc) is 3.46. The molecule has 0 aliphatic heterocycles. The largest absolute Gasteiger partial charge is 0.508 e. The van der Waals surface area contributed by atoms with Gasteiger partial charge in [0.15, 0.2) is 11.6 Å². The summed E-state index contributed by atoms with van der Waals surface area (Å²) in [6.07, 6.45) is 2.04. The van der Waals surface area contributed by atoms with E-state index in [0.29, 0.717) is 53.1 Å². The predicted molar refractivity (Wildman–Crippen MR) is 162 cm³/mol. The smallest absolute Gasteiger partial charge is 0.165 e. The number of nitrogens with zero attached hydrogens (tertiary/aromatic N) is 2. The molecule has 0 spiro atoms. The van der Waals surface area contributed by atoms with Crippen molar-refractivity contribution >= 4 is 34.0 Å². The first-order chi connectivity index (χ1) is 20.9. The van der Waals surface area contributed by atoms with Crippen LogP contribution in [-0.4, -0.2) is 21.6 Å². The lowest BCUT2D eigenvalue weighted by Crippen LogP contribution is -2.16. The summed E-state index contributed by atoms with van der Waals surface area (Å²) in [7, 11) is 0. The minimum absolute atomic E-state index is 0.0845. The summed E-state index contributed by atoms with van der Waals surface area (Å²) in [5.74, 6) is 1.38. The van der Waals surface area contributed by atoms with Gasteiger partial charge in [-0.05, 0) is 91.3 Å². The Labute approximate surface area is 250 Å². The zero-order valence-electron chi connectivity index (χ0n) is 22.7. The molecule has 0 fully saturated rings. The van der Waals surface area contributed by atoms with E-state index in [1.807, 2.05) is 30.3 Å². The molecule has 43 heavy (non-hydrogen) atoms. The average molecular weight is 599 g/mol. The second-order valence-electron chi connectivity index (χ2n) is 9.77. The van der Waals surface area contributed by atoms with E-state index in [1.165, 1.54) is 24.5 Å². The van der Waals surface area contributed by atoms with Crippen LogP contribution in [0.25, 0.3) is 22.2 Å². The molecule has 0 aliphatic carbocycles. The molecule has 2 aromatic heterocycles. The number of furan rings is 1. The Balaban J connectivity index is 1.14. The molecule has 0 radical (unpaired) electrons. The van der Waals surface area contributed by atoms with Crippen molar-refractivity contribution in [3.05, 3.63) is 125 Å². The number of halogens is 3. The van der Waals surface area contributed by atoms with Gasteiger partial charge in [-0.25, -0.2) is 18.7 Å². The molecule has 6 aromatic rings. The van der Waals surface area contributed by atoms with Gasteiger partial charge in [-0.15, -0.1) is 0 Å². The predicted octanol–water partition coefficient (Wildman–Crippen LogP) is 8.40. The zero-order chi connectivity index (χ0) is 29.8. The Hall–Kier alpha value is -4.99. The number of anilines is 2. The third kappa shape index (κ3) is 6.74. The maximum Gasteiger partial charge on any atom is 0.165 e. The number of ether oxygens (including phenoxy) is 1. The maximum atomic E-state index is 14.0. The first kappa shape index (κ1) is 28.1. The summed E-state index contributed by atoms with van der Waals surface area (Å²) < 4.78 is 39.2. The van der Waals surface area contributed by atoms with Crippen LogP contribution in [-0.2, 0) is 13.0 Å². The summed E-state index contributed by atoms with van der Waals surface area (Å²) in [5.41, 5.74) is 2.96. The number of hydrogen-bond donors (Lipinski definition) is 3. The summed E-state index contributed by atoms with van der Waals surface area (Å²) in [6.45, 7) is 1.07. The van der Waals surface area contributed by atoms with E-state index < -0.39 is 11.6 Å². The highest BCUT2D eigenvalue weighted by Gasteiger charge is 2.12. The first-order valence-corrected chi connectivity index (χ1v) is 13.8. The highest BCUT2D eigenvalue weighted by molar-refractivity contribution is 6.32. The van der Waals surface area contributed by atoms with E-state index in [2.05, 4.69) is 20.6 Å². The van der Waals surface area contributed by atoms with Crippen LogP contribution in [0.4, 0.5) is 20.3 Å². The van der Waals surface area contributed by atoms with Crippen molar-refractivity contribution in [2.75, 3.05) is 11.9 Å². The van der Waals surface area contributed by atoms with Crippen LogP contribution >= 0.6 is 11.6 Å². The Kier molecular flexibility index (Phi) is 8.17. The molecule has 2 heterocycles. The van der Waals surface area contributed by atoms with Gasteiger partial charge in [0.25, 0.3) is 0 Å². The monoisotopic (exact) mass is 598 g/mol. The molecule has 216 valence electrons. The molecule has 0 saturated heterocycles. The van der Waals surface area contributed by atoms with E-state index in [0.717, 1.165) is 28.3 Å². The molecule has 0 unspecified atom stereocenters. The molecule has 10 heteroatoms. The van der Waals surface area contributed by atoms with E-state index in [-0.39, 0.29) is 11.5 Å². The number of fused-ring (bicyclic) bond motifs is 1. The Morgan fingerprint density at radius 2 is 1.77 bits per heavy atom. The van der Waals surface area contributed by atoms with Crippen LogP contribution in [0.15, 0.2) is 102 Å². The van der Waals surface area contributed by atoms with Crippen molar-refractivity contribution in [3.63, 3.8) is 0 Å². The van der Waals surface area contributed by atoms with Gasteiger partial charge in [0.1, 0.15) is 41.0 Å². The third-order valence-electron chi connectivity index (χ3n) is 6.66. The second-order valence-corrected chi connectivity index (χ2v) is 10.2. The molecule has 0 aliphatic rings. The van der Waals surface area contributed by atoms with Gasteiger partial charge < -0.3 is 24.9 Å². The van der Waals surface area contributed by atoms with Gasteiger partial charge in [0, 0.05) is 22.7 Å². The van der Waals surface area contributed by atoms with Crippen LogP contribution in [0, 0.1) is 11.6 Å². The number of phenols is 1. The molecule has 6 rings (SSSR count). The fourth-order valence-corrected chi connectivity index (χ4v) is 4.82. The molecule has 0 saturated carbocycles. The lowest BCUT2D eigenvalue weighted by molar-refractivity contribution is 0.442. The van der Waals surface area contributed by atoms with Gasteiger partial charge in [-0.3, -0.25) is 0 Å². The van der Waals surface area contributed by atoms with Gasteiger partial charge in [0.2, 0.25) is 0 Å². The Morgan fingerprint density at radius 1 is 0.884 bits per heavy atom. The van der Waals surface area contributed by atoms with Crippen molar-refractivity contribution < 1.29 is 23.0 Å². The fraction of sp³-hybridized carbons (Fsp3) is 0.0909. The van der Waals surface area contributed by atoms with Crippen LogP contribution in [0.5, 0.6) is 17.2 Å². The molecule has 7 nitrogen and oxygen atoms in total. The molecular formula is C33H25ClF2N4O3. The normalized spacial score (nSPS) is 11.1. The number of aromatic nitrogens is 2. The summed E-state index contributed by atoms with van der Waals surface area (Å²) in [6, 6.07) is 24.8. The molecular weight excluding hydrogens is 574 g/mol. The minimum atomic E-state index is -0.480. The van der Waals surface area contributed by atoms with Gasteiger partial charge in [-0.2, -0.15) is 0 Å². The summed E-state index contributed by atoms with van der Waals surface area (Å²) in [4.78, 5) is 8.82. The SMILES string of the molecule is Oc1cc(F)cc(CCNCc2ccc(-c3ccc4ncnc(Nc5ccc(Oc6ccccc6F)c(Cl)c5)c4c3)o2)c1. The number of hydrogen-bond acceptors (Lipinski definition) is 7. The number of nitrogens with one attached hydrogen (secondary N) is 2. The fourth-order valence-electron chi connectivity index (χ4n) is 4.60. The van der Waals surface area contributed by atoms with E-state index >= 15 is 0 Å². The molecule has 0 bridgehead atoms. The molecule has 0 atom stereocenters. The van der Waals surface area contributed by atoms with Crippen molar-refractivity contribution in [3.8, 4) is 28.6 Å². The van der Waals surface area contributed by atoms with E-state index in [1.54, 1.807) is 36.4 Å². The van der Waals surface area contributed by atoms with Crippen molar-refractivity contribution in [2.24, 2.45) is 0 Å².